The molecule has 0 radical (unpaired) electrons. The SMILES string of the molecule is CN=C(NCc1cccc(Cn2cncn2)c1)NC(C)CCC(C)(C)C. The lowest BCUT2D eigenvalue weighted by molar-refractivity contribution is 0.346. The molecule has 1 unspecified atom stereocenters. The Balaban J connectivity index is 1.84. The molecule has 0 aliphatic rings. The van der Waals surface area contributed by atoms with Crippen LogP contribution in [-0.2, 0) is 13.1 Å². The zero-order valence-corrected chi connectivity index (χ0v) is 16.7. The van der Waals surface area contributed by atoms with Crippen LogP contribution in [0.2, 0.25) is 0 Å². The van der Waals surface area contributed by atoms with Gasteiger partial charge in [-0.1, -0.05) is 45.0 Å². The molecule has 2 rings (SSSR count). The van der Waals surface area contributed by atoms with Gasteiger partial charge in [0.15, 0.2) is 5.96 Å². The molecule has 0 amide bonds. The molecule has 0 saturated heterocycles. The van der Waals surface area contributed by atoms with Crippen molar-refractivity contribution in [1.82, 2.24) is 25.4 Å². The number of nitrogens with zero attached hydrogens (tertiary/aromatic N) is 4. The van der Waals surface area contributed by atoms with Crippen LogP contribution in [-0.4, -0.2) is 33.8 Å². The number of rotatable bonds is 7. The Bertz CT molecular complexity index is 685. The van der Waals surface area contributed by atoms with E-state index >= 15 is 0 Å². The Morgan fingerprint density at radius 3 is 2.69 bits per heavy atom. The maximum Gasteiger partial charge on any atom is 0.191 e. The summed E-state index contributed by atoms with van der Waals surface area (Å²) in [6.45, 7) is 10.5. The molecular weight excluding hydrogens is 324 g/mol. The monoisotopic (exact) mass is 356 g/mol. The van der Waals surface area contributed by atoms with Crippen molar-refractivity contribution in [3.05, 3.63) is 48.0 Å². The molecular formula is C20H32N6. The molecule has 0 saturated carbocycles. The summed E-state index contributed by atoms with van der Waals surface area (Å²) in [6, 6.07) is 8.87. The van der Waals surface area contributed by atoms with E-state index in [1.54, 1.807) is 12.7 Å². The Kier molecular flexibility index (Phi) is 7.18. The topological polar surface area (TPSA) is 67.1 Å². The fourth-order valence-electron chi connectivity index (χ4n) is 2.67. The zero-order chi connectivity index (χ0) is 19.0. The van der Waals surface area contributed by atoms with Crippen molar-refractivity contribution in [3.8, 4) is 0 Å². The van der Waals surface area contributed by atoms with Gasteiger partial charge in [-0.3, -0.25) is 4.99 Å². The predicted molar refractivity (Wildman–Crippen MR) is 107 cm³/mol. The van der Waals surface area contributed by atoms with Crippen LogP contribution in [0.15, 0.2) is 41.9 Å². The molecule has 0 fully saturated rings. The van der Waals surface area contributed by atoms with Crippen LogP contribution in [0.4, 0.5) is 0 Å². The molecule has 6 heteroatoms. The molecule has 0 bridgehead atoms. The van der Waals surface area contributed by atoms with Crippen LogP contribution >= 0.6 is 0 Å². The van der Waals surface area contributed by atoms with Crippen LogP contribution in [0.3, 0.4) is 0 Å². The Labute approximate surface area is 157 Å². The maximum atomic E-state index is 4.34. The lowest BCUT2D eigenvalue weighted by atomic mass is 9.89. The number of benzene rings is 1. The summed E-state index contributed by atoms with van der Waals surface area (Å²) < 4.78 is 1.82. The summed E-state index contributed by atoms with van der Waals surface area (Å²) in [4.78, 5) is 8.33. The van der Waals surface area contributed by atoms with Crippen molar-refractivity contribution < 1.29 is 0 Å². The molecule has 142 valence electrons. The van der Waals surface area contributed by atoms with Crippen molar-refractivity contribution in [2.24, 2.45) is 10.4 Å². The minimum absolute atomic E-state index is 0.359. The highest BCUT2D eigenvalue weighted by Gasteiger charge is 2.13. The van der Waals surface area contributed by atoms with Gasteiger partial charge in [0, 0.05) is 19.6 Å². The first-order chi connectivity index (χ1) is 12.4. The van der Waals surface area contributed by atoms with E-state index < -0.39 is 0 Å². The zero-order valence-electron chi connectivity index (χ0n) is 16.7. The van der Waals surface area contributed by atoms with Gasteiger partial charge < -0.3 is 10.6 Å². The number of hydrogen-bond acceptors (Lipinski definition) is 3. The number of nitrogens with one attached hydrogen (secondary N) is 2. The lowest BCUT2D eigenvalue weighted by Gasteiger charge is -2.23. The summed E-state index contributed by atoms with van der Waals surface area (Å²) in [7, 11) is 1.81. The first kappa shape index (κ1) is 19.9. The fourth-order valence-corrected chi connectivity index (χ4v) is 2.67. The average molecular weight is 357 g/mol. The fraction of sp³-hybridized carbons (Fsp3) is 0.550. The molecule has 26 heavy (non-hydrogen) atoms. The van der Waals surface area contributed by atoms with Crippen molar-refractivity contribution >= 4 is 5.96 Å². The number of aromatic nitrogens is 3. The first-order valence-corrected chi connectivity index (χ1v) is 9.23. The summed E-state index contributed by atoms with van der Waals surface area (Å²) >= 11 is 0. The van der Waals surface area contributed by atoms with Gasteiger partial charge in [-0.2, -0.15) is 5.10 Å². The minimum atomic E-state index is 0.359. The lowest BCUT2D eigenvalue weighted by Crippen LogP contribution is -2.42. The van der Waals surface area contributed by atoms with Gasteiger partial charge in [0.2, 0.25) is 0 Å². The molecule has 6 nitrogen and oxygen atoms in total. The second kappa shape index (κ2) is 9.36. The van der Waals surface area contributed by atoms with Crippen molar-refractivity contribution in [3.63, 3.8) is 0 Å². The first-order valence-electron chi connectivity index (χ1n) is 9.23. The molecule has 2 aromatic rings. The molecule has 0 aliphatic carbocycles. The Morgan fingerprint density at radius 1 is 1.27 bits per heavy atom. The normalized spacial score (nSPS) is 13.5. The van der Waals surface area contributed by atoms with Crippen LogP contribution in [0, 0.1) is 5.41 Å². The second-order valence-corrected chi connectivity index (χ2v) is 7.98. The van der Waals surface area contributed by atoms with Crippen molar-refractivity contribution in [1.29, 1.82) is 0 Å². The number of aliphatic imine (C=N–C) groups is 1. The molecule has 1 heterocycles. The van der Waals surface area contributed by atoms with E-state index in [1.807, 2.05) is 11.7 Å². The molecule has 1 aromatic carbocycles. The van der Waals surface area contributed by atoms with Gasteiger partial charge in [-0.15, -0.1) is 0 Å². The van der Waals surface area contributed by atoms with Crippen LogP contribution < -0.4 is 10.6 Å². The molecule has 2 N–H and O–H groups in total. The highest BCUT2D eigenvalue weighted by Crippen LogP contribution is 2.21. The highest BCUT2D eigenvalue weighted by atomic mass is 15.3. The van der Waals surface area contributed by atoms with Gasteiger partial charge in [0.05, 0.1) is 6.54 Å². The Morgan fingerprint density at radius 2 is 2.04 bits per heavy atom. The summed E-state index contributed by atoms with van der Waals surface area (Å²) in [5.74, 6) is 0.841. The van der Waals surface area contributed by atoms with Gasteiger partial charge in [-0.25, -0.2) is 9.67 Å². The second-order valence-electron chi connectivity index (χ2n) is 7.98. The highest BCUT2D eigenvalue weighted by molar-refractivity contribution is 5.79. The van der Waals surface area contributed by atoms with Crippen LogP contribution in [0.1, 0.15) is 51.7 Å². The van der Waals surface area contributed by atoms with E-state index in [9.17, 15) is 0 Å². The minimum Gasteiger partial charge on any atom is -0.354 e. The van der Waals surface area contributed by atoms with Gasteiger partial charge in [0.1, 0.15) is 12.7 Å². The van der Waals surface area contributed by atoms with Crippen LogP contribution in [0.25, 0.3) is 0 Å². The molecule has 1 atom stereocenters. The summed E-state index contributed by atoms with van der Waals surface area (Å²) in [6.07, 6.45) is 5.59. The van der Waals surface area contributed by atoms with Crippen molar-refractivity contribution in [2.75, 3.05) is 7.05 Å². The van der Waals surface area contributed by atoms with E-state index in [0.29, 0.717) is 11.5 Å². The quantitative estimate of drug-likeness (QED) is 0.590. The number of guanidine groups is 1. The standard InChI is InChI=1S/C20H32N6/c1-16(9-10-20(2,3)4)25-19(21-5)23-12-17-7-6-8-18(11-17)13-26-15-22-14-24-26/h6-8,11,14-16H,9-10,12-13H2,1-5H3,(H2,21,23,25). The third-order valence-corrected chi connectivity index (χ3v) is 4.20. The van der Waals surface area contributed by atoms with E-state index in [1.165, 1.54) is 17.5 Å². The van der Waals surface area contributed by atoms with Crippen molar-refractivity contribution in [2.45, 2.75) is 59.7 Å². The summed E-state index contributed by atoms with van der Waals surface area (Å²) in [5, 5.41) is 11.0. The summed E-state index contributed by atoms with van der Waals surface area (Å²) in [5.41, 5.74) is 2.78. The van der Waals surface area contributed by atoms with Gasteiger partial charge in [-0.05, 0) is 36.3 Å². The molecule has 0 aliphatic heterocycles. The van der Waals surface area contributed by atoms with Gasteiger partial charge >= 0.3 is 0 Å². The van der Waals surface area contributed by atoms with Gasteiger partial charge in [0.25, 0.3) is 0 Å². The van der Waals surface area contributed by atoms with E-state index in [2.05, 4.69) is 77.7 Å². The Hall–Kier alpha value is -2.37. The van der Waals surface area contributed by atoms with E-state index in [4.69, 9.17) is 0 Å². The van der Waals surface area contributed by atoms with E-state index in [-0.39, 0.29) is 0 Å². The van der Waals surface area contributed by atoms with E-state index in [0.717, 1.165) is 25.5 Å². The smallest absolute Gasteiger partial charge is 0.191 e. The number of hydrogen-bond donors (Lipinski definition) is 2. The maximum absolute atomic E-state index is 4.34. The largest absolute Gasteiger partial charge is 0.354 e. The third kappa shape index (κ3) is 7.25. The predicted octanol–water partition coefficient (Wildman–Crippen LogP) is 3.21. The molecule has 1 aromatic heterocycles. The average Bonchev–Trinajstić information content (AvgIpc) is 3.09. The molecule has 0 spiro atoms. The van der Waals surface area contributed by atoms with Crippen LogP contribution in [0.5, 0.6) is 0 Å². The third-order valence-electron chi connectivity index (χ3n) is 4.20.